The molecule has 0 aliphatic rings. The molecule has 0 bridgehead atoms. The Bertz CT molecular complexity index is 220. The monoisotopic (exact) mass is 426 g/mol. The average Bonchev–Trinajstić information content (AvgIpc) is 1.12. The van der Waals surface area contributed by atoms with E-state index in [0.29, 0.717) is 0 Å². The molecule has 0 fully saturated rings. The molecule has 80 valence electrons. The Hall–Kier alpha value is 4.48. The number of hydrogen-bond donors (Lipinski definition) is 0. The summed E-state index contributed by atoms with van der Waals surface area (Å²) in [5.41, 5.74) is 0. The topological polar surface area (TPSA) is 158 Å². The molecule has 0 saturated carbocycles. The molecule has 0 saturated heterocycles. The van der Waals surface area contributed by atoms with Gasteiger partial charge in [0.15, 0.2) is 0 Å². The predicted octanol–water partition coefficient (Wildman–Crippen LogP) is -8.83. The normalized spacial score (nSPS) is 8.29. The second-order valence-electron chi connectivity index (χ2n) is 0.816. The van der Waals surface area contributed by atoms with Gasteiger partial charge in [-0.15, -0.1) is 18.1 Å². The van der Waals surface area contributed by atoms with Crippen molar-refractivity contribution in [2.45, 2.75) is 0 Å². The van der Waals surface area contributed by atoms with Gasteiger partial charge in [0.25, 0.3) is 0 Å². The van der Waals surface area contributed by atoms with E-state index in [-0.39, 0.29) is 129 Å². The fourth-order valence-corrected chi connectivity index (χ4v) is 0. The Morgan fingerprint density at radius 1 is 0.786 bits per heavy atom. The minimum Gasteiger partial charge on any atom is -0.780 e. The van der Waals surface area contributed by atoms with Crippen LogP contribution in [0, 0.1) is 0 Å². The summed E-state index contributed by atoms with van der Waals surface area (Å²) in [4.78, 5) is 0. The van der Waals surface area contributed by atoms with Gasteiger partial charge in [0, 0.05) is 0 Å². The van der Waals surface area contributed by atoms with Gasteiger partial charge in [0.2, 0.25) is 0 Å². The van der Waals surface area contributed by atoms with Gasteiger partial charge in [0.05, 0.1) is 0 Å². The standard InChI is InChI=1S/2K.2H2O3S2.H2O.Pd/c;;2*1-5(2,3)4;;/h;;2*(H2,1,2,3,4);1H2;/q2*+1;;;;+2/p-4. The molecule has 0 heterocycles. The molecule has 0 unspecified atom stereocenters. The van der Waals surface area contributed by atoms with E-state index in [2.05, 4.69) is 22.4 Å². The number of hydrogen-bond acceptors (Lipinski definition) is 8. The Balaban J connectivity index is -0.0000000178. The van der Waals surface area contributed by atoms with Crippen LogP contribution in [0.1, 0.15) is 0 Å². The molecule has 14 heteroatoms. The summed E-state index contributed by atoms with van der Waals surface area (Å²) < 4.78 is 53.3. The van der Waals surface area contributed by atoms with E-state index < -0.39 is 18.1 Å². The van der Waals surface area contributed by atoms with Crippen molar-refractivity contribution in [2.75, 3.05) is 0 Å². The molecule has 0 aromatic heterocycles. The van der Waals surface area contributed by atoms with E-state index in [4.69, 9.17) is 26.6 Å². The van der Waals surface area contributed by atoms with Gasteiger partial charge >= 0.3 is 123 Å². The third kappa shape index (κ3) is 197. The van der Waals surface area contributed by atoms with Crippen LogP contribution in [-0.4, -0.2) is 32.1 Å². The van der Waals surface area contributed by atoms with Gasteiger partial charge in [-0.1, -0.05) is 0 Å². The van der Waals surface area contributed by atoms with Gasteiger partial charge in [-0.25, -0.2) is 0 Å². The third-order valence-electron chi connectivity index (χ3n) is 0. The van der Waals surface area contributed by atoms with Crippen molar-refractivity contribution in [2.24, 2.45) is 0 Å². The summed E-state index contributed by atoms with van der Waals surface area (Å²) >= 11 is 6.49. The van der Waals surface area contributed by atoms with Crippen molar-refractivity contribution in [1.82, 2.24) is 0 Å². The van der Waals surface area contributed by atoms with E-state index in [0.717, 1.165) is 0 Å². The fraction of sp³-hybridized carbons (Fsp3) is 0. The van der Waals surface area contributed by atoms with Gasteiger partial charge in [-0.2, -0.15) is 0 Å². The van der Waals surface area contributed by atoms with Gasteiger partial charge in [0.1, 0.15) is 0 Å². The molecular weight excluding hydrogens is 425 g/mol. The maximum atomic E-state index is 8.89. The predicted molar refractivity (Wildman–Crippen MR) is 37.7 cm³/mol. The third-order valence-corrected chi connectivity index (χ3v) is 0. The molecule has 0 radical (unpaired) electrons. The van der Waals surface area contributed by atoms with Crippen LogP contribution < -0.4 is 103 Å². The zero-order valence-electron chi connectivity index (χ0n) is 6.90. The van der Waals surface area contributed by atoms with Crippen LogP contribution in [0.15, 0.2) is 0 Å². The van der Waals surface area contributed by atoms with Crippen LogP contribution >= 0.6 is 0 Å². The maximum absolute atomic E-state index is 8.89. The van der Waals surface area contributed by atoms with Crippen LogP contribution in [0.3, 0.4) is 0 Å². The minimum atomic E-state index is -4.33. The molecule has 2 N–H and O–H groups in total. The van der Waals surface area contributed by atoms with Crippen LogP contribution in [0.2, 0.25) is 0 Å². The smallest absolute Gasteiger partial charge is 0.780 e. The van der Waals surface area contributed by atoms with Crippen molar-refractivity contribution in [3.63, 3.8) is 0 Å². The largest absolute Gasteiger partial charge is 2.00 e. The van der Waals surface area contributed by atoms with E-state index in [1.54, 1.807) is 0 Å². The van der Waals surface area contributed by atoms with Crippen molar-refractivity contribution in [3.8, 4) is 0 Å². The van der Waals surface area contributed by atoms with E-state index in [1.165, 1.54) is 0 Å². The van der Waals surface area contributed by atoms with E-state index in [9.17, 15) is 0 Å². The molecule has 0 aromatic rings. The van der Waals surface area contributed by atoms with Crippen molar-refractivity contribution < 1.29 is 155 Å². The van der Waals surface area contributed by atoms with Crippen molar-refractivity contribution >= 4 is 40.5 Å². The second kappa shape index (κ2) is 17.5. The van der Waals surface area contributed by atoms with Gasteiger partial charge in [-0.3, -0.25) is 8.42 Å². The molecule has 0 aliphatic heterocycles. The summed E-state index contributed by atoms with van der Waals surface area (Å²) in [5, 5.41) is 0. The summed E-state index contributed by atoms with van der Waals surface area (Å²) in [6.45, 7) is 0. The molecule has 7 nitrogen and oxygen atoms in total. The average molecular weight is 427 g/mol. The molecule has 14 heavy (non-hydrogen) atoms. The zero-order chi connectivity index (χ0) is 9.00. The summed E-state index contributed by atoms with van der Waals surface area (Å²) in [5.74, 6) is 0. The maximum Gasteiger partial charge on any atom is 2.00 e. The van der Waals surface area contributed by atoms with E-state index in [1.807, 2.05) is 0 Å². The Labute approximate surface area is 190 Å². The van der Waals surface area contributed by atoms with Crippen LogP contribution in [0.5, 0.6) is 0 Å². The first-order chi connectivity index (χ1) is 4.00. The summed E-state index contributed by atoms with van der Waals surface area (Å²) in [7, 11) is -8.67. The van der Waals surface area contributed by atoms with E-state index >= 15 is 0 Å². The first-order valence-electron chi connectivity index (χ1n) is 1.33. The second-order valence-corrected chi connectivity index (χ2v) is 4.90. The van der Waals surface area contributed by atoms with Crippen molar-refractivity contribution in [1.29, 1.82) is 0 Å². The molecule has 0 rings (SSSR count). The minimum absolute atomic E-state index is 0. The SMILES string of the molecule is O.O=S([O-])([O-])=S.O=S([O-])([O-])=S.[K+].[K+].[Pd+2]. The molecule has 0 aromatic carbocycles. The van der Waals surface area contributed by atoms with Crippen LogP contribution in [-0.2, 0) is 60.9 Å². The van der Waals surface area contributed by atoms with Crippen LogP contribution in [0.25, 0.3) is 0 Å². The quantitative estimate of drug-likeness (QED) is 0.345. The summed E-state index contributed by atoms with van der Waals surface area (Å²) in [6.07, 6.45) is 0. The first-order valence-corrected chi connectivity index (χ1v) is 6.00. The molecular formula is H2K2O7PdS4. The molecule has 0 aliphatic carbocycles. The molecule has 0 spiro atoms. The van der Waals surface area contributed by atoms with Crippen LogP contribution in [0.4, 0.5) is 0 Å². The van der Waals surface area contributed by atoms with Gasteiger partial charge < -0.3 is 23.7 Å². The Kier molecular flexibility index (Phi) is 45.3. The molecule has 0 atom stereocenters. The Morgan fingerprint density at radius 2 is 0.786 bits per heavy atom. The fourth-order valence-electron chi connectivity index (χ4n) is 0. The summed E-state index contributed by atoms with van der Waals surface area (Å²) in [6, 6.07) is 0. The van der Waals surface area contributed by atoms with Gasteiger partial charge in [-0.05, 0) is 22.4 Å². The van der Waals surface area contributed by atoms with Crippen molar-refractivity contribution in [3.05, 3.63) is 0 Å². The first kappa shape index (κ1) is 36.3. The number of rotatable bonds is 0. The molecule has 0 amide bonds. The zero-order valence-corrected chi connectivity index (χ0v) is 18.0. The Morgan fingerprint density at radius 3 is 0.786 bits per heavy atom.